The second-order valence-corrected chi connectivity index (χ2v) is 3.61. The molecule has 0 atom stereocenters. The molecule has 0 N–H and O–H groups in total. The second kappa shape index (κ2) is 3.56. The first-order valence-corrected chi connectivity index (χ1v) is 3.99. The predicted octanol–water partition coefficient (Wildman–Crippen LogP) is 1.22. The lowest BCUT2D eigenvalue weighted by molar-refractivity contribution is -0.000940. The van der Waals surface area contributed by atoms with Crippen molar-refractivity contribution in [3.8, 4) is 0 Å². The maximum absolute atomic E-state index is 5.43. The average molecular weight is 158 g/mol. The van der Waals surface area contributed by atoms with Crippen LogP contribution in [0.2, 0.25) is 0 Å². The molecule has 1 aliphatic rings. The van der Waals surface area contributed by atoms with Crippen LogP contribution in [0.25, 0.3) is 0 Å². The van der Waals surface area contributed by atoms with E-state index in [1.807, 2.05) is 20.8 Å². The normalized spacial score (nSPS) is 20.5. The molecule has 1 rings (SSSR count). The Morgan fingerprint density at radius 1 is 1.18 bits per heavy atom. The Balaban J connectivity index is 2.24. The van der Waals surface area contributed by atoms with Crippen LogP contribution < -0.4 is 0 Å². The molecule has 0 amide bonds. The summed E-state index contributed by atoms with van der Waals surface area (Å²) in [7, 11) is -0.455. The van der Waals surface area contributed by atoms with Gasteiger partial charge in [-0.3, -0.25) is 0 Å². The number of hydrogen-bond donors (Lipinski definition) is 0. The van der Waals surface area contributed by atoms with Gasteiger partial charge >= 0.3 is 7.32 Å². The molecular weight excluding hydrogens is 143 g/mol. The maximum atomic E-state index is 5.43. The highest BCUT2D eigenvalue weighted by Gasteiger charge is 2.29. The molecule has 11 heavy (non-hydrogen) atoms. The fraction of sp³-hybridized carbons (Fsp3) is 1.00. The van der Waals surface area contributed by atoms with Crippen LogP contribution in [0, 0.1) is 0 Å². The maximum Gasteiger partial charge on any atom is 0.639 e. The van der Waals surface area contributed by atoms with E-state index in [-0.39, 0.29) is 5.60 Å². The lowest BCUT2D eigenvalue weighted by Crippen LogP contribution is -2.39. The molecule has 3 nitrogen and oxygen atoms in total. The molecule has 0 aromatic rings. The van der Waals surface area contributed by atoms with Crippen molar-refractivity contribution in [2.45, 2.75) is 32.8 Å². The van der Waals surface area contributed by atoms with E-state index in [1.54, 1.807) is 0 Å². The van der Waals surface area contributed by atoms with Crippen molar-refractivity contribution in [2.24, 2.45) is 0 Å². The molecule has 0 aromatic carbocycles. The summed E-state index contributed by atoms with van der Waals surface area (Å²) >= 11 is 0. The van der Waals surface area contributed by atoms with E-state index in [2.05, 4.69) is 0 Å². The monoisotopic (exact) mass is 158 g/mol. The summed E-state index contributed by atoms with van der Waals surface area (Å²) < 4.78 is 15.9. The first kappa shape index (κ1) is 9.04. The Labute approximate surface area is 68.2 Å². The Morgan fingerprint density at radius 2 is 1.73 bits per heavy atom. The summed E-state index contributed by atoms with van der Waals surface area (Å²) in [5.74, 6) is 0. The quantitative estimate of drug-likeness (QED) is 0.537. The third kappa shape index (κ3) is 3.75. The van der Waals surface area contributed by atoms with Gasteiger partial charge in [0.1, 0.15) is 0 Å². The SMILES string of the molecule is CC(C)(C)OB1OCCCO1. The van der Waals surface area contributed by atoms with E-state index >= 15 is 0 Å². The first-order chi connectivity index (χ1) is 5.08. The lowest BCUT2D eigenvalue weighted by Gasteiger charge is -2.26. The fourth-order valence-electron chi connectivity index (χ4n) is 0.823. The van der Waals surface area contributed by atoms with Crippen LogP contribution in [0.1, 0.15) is 27.2 Å². The third-order valence-electron chi connectivity index (χ3n) is 1.25. The predicted molar refractivity (Wildman–Crippen MR) is 43.1 cm³/mol. The molecule has 1 saturated heterocycles. The van der Waals surface area contributed by atoms with Gasteiger partial charge in [-0.15, -0.1) is 0 Å². The Bertz CT molecular complexity index is 115. The molecule has 1 heterocycles. The van der Waals surface area contributed by atoms with Crippen molar-refractivity contribution in [1.29, 1.82) is 0 Å². The van der Waals surface area contributed by atoms with Crippen molar-refractivity contribution in [3.63, 3.8) is 0 Å². The number of hydrogen-bond acceptors (Lipinski definition) is 3. The molecule has 0 bridgehead atoms. The first-order valence-electron chi connectivity index (χ1n) is 3.99. The van der Waals surface area contributed by atoms with Gasteiger partial charge in [-0.05, 0) is 27.2 Å². The molecule has 0 spiro atoms. The summed E-state index contributed by atoms with van der Waals surface area (Å²) in [6.45, 7) is 7.42. The van der Waals surface area contributed by atoms with Crippen molar-refractivity contribution in [3.05, 3.63) is 0 Å². The van der Waals surface area contributed by atoms with E-state index in [9.17, 15) is 0 Å². The molecule has 0 unspecified atom stereocenters. The zero-order valence-corrected chi connectivity index (χ0v) is 7.42. The van der Waals surface area contributed by atoms with Crippen molar-refractivity contribution < 1.29 is 14.0 Å². The Hall–Kier alpha value is -0.0551. The zero-order chi connectivity index (χ0) is 8.32. The summed E-state index contributed by atoms with van der Waals surface area (Å²) in [4.78, 5) is 0. The topological polar surface area (TPSA) is 27.7 Å². The largest absolute Gasteiger partial charge is 0.639 e. The molecule has 0 saturated carbocycles. The highest BCUT2D eigenvalue weighted by atomic mass is 16.7. The van der Waals surface area contributed by atoms with Crippen LogP contribution in [0.15, 0.2) is 0 Å². The van der Waals surface area contributed by atoms with E-state index in [1.165, 1.54) is 0 Å². The van der Waals surface area contributed by atoms with Gasteiger partial charge in [0.2, 0.25) is 0 Å². The van der Waals surface area contributed by atoms with E-state index in [4.69, 9.17) is 14.0 Å². The minimum atomic E-state index is -0.455. The van der Waals surface area contributed by atoms with Gasteiger partial charge in [-0.2, -0.15) is 0 Å². The minimum absolute atomic E-state index is 0.192. The van der Waals surface area contributed by atoms with Crippen LogP contribution in [-0.4, -0.2) is 26.1 Å². The molecular formula is C7H15BO3. The van der Waals surface area contributed by atoms with Crippen molar-refractivity contribution in [2.75, 3.05) is 13.2 Å². The minimum Gasteiger partial charge on any atom is -0.386 e. The van der Waals surface area contributed by atoms with Gasteiger partial charge in [0.05, 0.1) is 0 Å². The van der Waals surface area contributed by atoms with Gasteiger partial charge in [0, 0.05) is 18.8 Å². The van der Waals surface area contributed by atoms with Crippen LogP contribution in [-0.2, 0) is 14.0 Å². The van der Waals surface area contributed by atoms with Crippen molar-refractivity contribution >= 4 is 7.32 Å². The van der Waals surface area contributed by atoms with Gasteiger partial charge in [0.25, 0.3) is 0 Å². The molecule has 1 fully saturated rings. The van der Waals surface area contributed by atoms with Gasteiger partial charge in [-0.1, -0.05) is 0 Å². The molecule has 0 aromatic heterocycles. The summed E-state index contributed by atoms with van der Waals surface area (Å²) in [6.07, 6.45) is 0.962. The van der Waals surface area contributed by atoms with Crippen LogP contribution in [0.4, 0.5) is 0 Å². The molecule has 64 valence electrons. The molecule has 1 aliphatic heterocycles. The smallest absolute Gasteiger partial charge is 0.386 e. The Kier molecular flexibility index (Phi) is 2.93. The van der Waals surface area contributed by atoms with Gasteiger partial charge < -0.3 is 14.0 Å². The zero-order valence-electron chi connectivity index (χ0n) is 7.42. The van der Waals surface area contributed by atoms with Crippen LogP contribution in [0.5, 0.6) is 0 Å². The average Bonchev–Trinajstić information content (AvgIpc) is 1.85. The van der Waals surface area contributed by atoms with Crippen LogP contribution >= 0.6 is 0 Å². The highest BCUT2D eigenvalue weighted by molar-refractivity contribution is 6.36. The van der Waals surface area contributed by atoms with Crippen LogP contribution in [0.3, 0.4) is 0 Å². The third-order valence-corrected chi connectivity index (χ3v) is 1.25. The summed E-state index contributed by atoms with van der Waals surface area (Å²) in [5.41, 5.74) is -0.192. The fourth-order valence-corrected chi connectivity index (χ4v) is 0.823. The summed E-state index contributed by atoms with van der Waals surface area (Å²) in [5, 5.41) is 0. The highest BCUT2D eigenvalue weighted by Crippen LogP contribution is 2.12. The van der Waals surface area contributed by atoms with E-state index < -0.39 is 7.32 Å². The van der Waals surface area contributed by atoms with E-state index in [0.29, 0.717) is 0 Å². The van der Waals surface area contributed by atoms with E-state index in [0.717, 1.165) is 19.6 Å². The standard InChI is InChI=1S/C7H15BO3/c1-7(2,3)11-8-9-5-4-6-10-8/h4-6H2,1-3H3. The van der Waals surface area contributed by atoms with Gasteiger partial charge in [-0.25, -0.2) is 0 Å². The molecule has 0 radical (unpaired) electrons. The van der Waals surface area contributed by atoms with Gasteiger partial charge in [0.15, 0.2) is 0 Å². The van der Waals surface area contributed by atoms with Crippen molar-refractivity contribution in [1.82, 2.24) is 0 Å². The summed E-state index contributed by atoms with van der Waals surface area (Å²) in [6, 6.07) is 0. The Morgan fingerprint density at radius 3 is 2.18 bits per heavy atom. The molecule has 0 aliphatic carbocycles. The number of rotatable bonds is 1. The second-order valence-electron chi connectivity index (χ2n) is 3.61. The lowest BCUT2D eigenvalue weighted by atomic mass is 10.1. The molecule has 4 heteroatoms.